The van der Waals surface area contributed by atoms with Crippen molar-refractivity contribution in [2.75, 3.05) is 20.2 Å². The summed E-state index contributed by atoms with van der Waals surface area (Å²) in [6, 6.07) is 7.30. The minimum Gasteiger partial charge on any atom is -0.497 e. The Kier molecular flexibility index (Phi) is 4.91. The van der Waals surface area contributed by atoms with Crippen LogP contribution in [0.1, 0.15) is 38.1 Å². The van der Waals surface area contributed by atoms with Crippen LogP contribution in [0.25, 0.3) is 0 Å². The molecule has 3 nitrogen and oxygen atoms in total. The van der Waals surface area contributed by atoms with Gasteiger partial charge in [0.2, 0.25) is 0 Å². The quantitative estimate of drug-likeness (QED) is 0.726. The molecule has 0 fully saturated rings. The molecule has 1 aromatic carbocycles. The number of carbonyl (C=O) groups is 1. The van der Waals surface area contributed by atoms with E-state index in [1.165, 1.54) is 0 Å². The number of likely N-dealkylation sites (N-methyl/N-ethyl adjacent to an activating group) is 1. The number of carbonyl (C=O) groups excluding carboxylic acids is 1. The van der Waals surface area contributed by atoms with Crippen LogP contribution in [0, 0.1) is 0 Å². The molecule has 0 aliphatic heterocycles. The van der Waals surface area contributed by atoms with E-state index in [0.29, 0.717) is 0 Å². The third kappa shape index (κ3) is 2.91. The number of nitrogens with zero attached hydrogens (tertiary/aromatic N) is 1. The zero-order chi connectivity index (χ0) is 13.8. The van der Waals surface area contributed by atoms with Crippen LogP contribution < -0.4 is 4.74 Å². The number of ether oxygens (including phenoxy) is 1. The molecule has 0 saturated heterocycles. The molecule has 0 bridgehead atoms. The fourth-order valence-corrected chi connectivity index (χ4v) is 2.25. The maximum atomic E-state index is 12.5. The van der Waals surface area contributed by atoms with Gasteiger partial charge in [-0.25, -0.2) is 0 Å². The lowest BCUT2D eigenvalue weighted by Gasteiger charge is -2.35. The molecule has 18 heavy (non-hydrogen) atoms. The summed E-state index contributed by atoms with van der Waals surface area (Å²) in [7, 11) is 1.62. The van der Waals surface area contributed by atoms with E-state index in [1.54, 1.807) is 7.11 Å². The molecule has 0 aliphatic carbocycles. The van der Waals surface area contributed by atoms with Crippen molar-refractivity contribution in [1.82, 2.24) is 4.90 Å². The highest BCUT2D eigenvalue weighted by atomic mass is 16.5. The van der Waals surface area contributed by atoms with E-state index in [0.717, 1.165) is 24.4 Å². The van der Waals surface area contributed by atoms with Crippen LogP contribution >= 0.6 is 0 Å². The van der Waals surface area contributed by atoms with Gasteiger partial charge in [-0.05, 0) is 51.2 Å². The van der Waals surface area contributed by atoms with Crippen molar-refractivity contribution < 1.29 is 9.53 Å². The Labute approximate surface area is 110 Å². The molecule has 0 saturated carbocycles. The summed E-state index contributed by atoms with van der Waals surface area (Å²) in [6.45, 7) is 9.84. The van der Waals surface area contributed by atoms with Crippen LogP contribution in [0.4, 0.5) is 0 Å². The molecule has 0 amide bonds. The van der Waals surface area contributed by atoms with Crippen molar-refractivity contribution in [2.24, 2.45) is 0 Å². The minimum absolute atomic E-state index is 0.147. The van der Waals surface area contributed by atoms with Gasteiger partial charge in [-0.2, -0.15) is 0 Å². The predicted octanol–water partition coefficient (Wildman–Crippen LogP) is 3.00. The Morgan fingerprint density at radius 2 is 1.67 bits per heavy atom. The molecular formula is C15H23NO2. The molecule has 0 unspecified atom stereocenters. The van der Waals surface area contributed by atoms with Crippen LogP contribution in [0.2, 0.25) is 0 Å². The third-order valence-corrected chi connectivity index (χ3v) is 3.46. The maximum absolute atomic E-state index is 12.5. The number of benzene rings is 1. The SMILES string of the molecule is CCN(CC)C(C)(C)C(=O)c1ccc(OC)cc1. The van der Waals surface area contributed by atoms with Gasteiger partial charge in [-0.1, -0.05) is 13.8 Å². The van der Waals surface area contributed by atoms with E-state index in [4.69, 9.17) is 4.74 Å². The molecule has 0 radical (unpaired) electrons. The van der Waals surface area contributed by atoms with Crippen LogP contribution in [0.15, 0.2) is 24.3 Å². The highest BCUT2D eigenvalue weighted by Crippen LogP contribution is 2.21. The molecule has 0 heterocycles. The van der Waals surface area contributed by atoms with E-state index in [1.807, 2.05) is 38.1 Å². The van der Waals surface area contributed by atoms with E-state index >= 15 is 0 Å². The Morgan fingerprint density at radius 1 is 1.17 bits per heavy atom. The second kappa shape index (κ2) is 6.01. The lowest BCUT2D eigenvalue weighted by molar-refractivity contribution is 0.0669. The molecule has 0 aromatic heterocycles. The first-order valence-corrected chi connectivity index (χ1v) is 6.41. The third-order valence-electron chi connectivity index (χ3n) is 3.46. The monoisotopic (exact) mass is 249 g/mol. The van der Waals surface area contributed by atoms with Gasteiger partial charge in [0.15, 0.2) is 5.78 Å². The van der Waals surface area contributed by atoms with Crippen LogP contribution in [0.5, 0.6) is 5.75 Å². The number of rotatable bonds is 6. The van der Waals surface area contributed by atoms with Gasteiger partial charge >= 0.3 is 0 Å². The van der Waals surface area contributed by atoms with Crippen molar-refractivity contribution >= 4 is 5.78 Å². The van der Waals surface area contributed by atoms with Crippen LogP contribution in [-0.4, -0.2) is 36.4 Å². The summed E-state index contributed by atoms with van der Waals surface area (Å²) in [6.07, 6.45) is 0. The van der Waals surface area contributed by atoms with Gasteiger partial charge in [-0.15, -0.1) is 0 Å². The first-order valence-electron chi connectivity index (χ1n) is 6.41. The highest BCUT2D eigenvalue weighted by molar-refractivity contribution is 6.02. The molecular weight excluding hydrogens is 226 g/mol. The number of methoxy groups -OCH3 is 1. The van der Waals surface area contributed by atoms with Crippen molar-refractivity contribution in [3.8, 4) is 5.75 Å². The topological polar surface area (TPSA) is 29.5 Å². The zero-order valence-corrected chi connectivity index (χ0v) is 12.0. The number of ketones is 1. The van der Waals surface area contributed by atoms with Crippen LogP contribution in [0.3, 0.4) is 0 Å². The molecule has 1 aromatic rings. The molecule has 0 aliphatic rings. The maximum Gasteiger partial charge on any atom is 0.182 e. The molecule has 1 rings (SSSR count). The van der Waals surface area contributed by atoms with Gasteiger partial charge in [0.05, 0.1) is 12.6 Å². The van der Waals surface area contributed by atoms with Gasteiger partial charge in [0.25, 0.3) is 0 Å². The zero-order valence-electron chi connectivity index (χ0n) is 12.0. The van der Waals surface area contributed by atoms with Crippen molar-refractivity contribution in [3.63, 3.8) is 0 Å². The van der Waals surface area contributed by atoms with E-state index in [2.05, 4.69) is 18.7 Å². The summed E-state index contributed by atoms with van der Waals surface area (Å²) < 4.78 is 5.10. The van der Waals surface area contributed by atoms with E-state index in [9.17, 15) is 4.79 Å². The lowest BCUT2D eigenvalue weighted by Crippen LogP contribution is -2.49. The fourth-order valence-electron chi connectivity index (χ4n) is 2.25. The van der Waals surface area contributed by atoms with E-state index < -0.39 is 5.54 Å². The summed E-state index contributed by atoms with van der Waals surface area (Å²) in [4.78, 5) is 14.7. The van der Waals surface area contributed by atoms with E-state index in [-0.39, 0.29) is 5.78 Å². The Morgan fingerprint density at radius 3 is 2.06 bits per heavy atom. The molecule has 0 atom stereocenters. The van der Waals surface area contributed by atoms with Gasteiger partial charge in [0.1, 0.15) is 5.75 Å². The van der Waals surface area contributed by atoms with Crippen molar-refractivity contribution in [1.29, 1.82) is 0 Å². The summed E-state index contributed by atoms with van der Waals surface area (Å²) in [5, 5.41) is 0. The smallest absolute Gasteiger partial charge is 0.182 e. The molecule has 0 N–H and O–H groups in total. The average Bonchev–Trinajstić information content (AvgIpc) is 2.39. The first-order chi connectivity index (χ1) is 8.47. The average molecular weight is 249 g/mol. The van der Waals surface area contributed by atoms with Gasteiger partial charge < -0.3 is 4.74 Å². The Balaban J connectivity index is 2.97. The predicted molar refractivity (Wildman–Crippen MR) is 74.3 cm³/mol. The Hall–Kier alpha value is -1.35. The second-order valence-electron chi connectivity index (χ2n) is 4.79. The largest absolute Gasteiger partial charge is 0.497 e. The summed E-state index contributed by atoms with van der Waals surface area (Å²) in [5.41, 5.74) is 0.255. The first kappa shape index (κ1) is 14.7. The highest BCUT2D eigenvalue weighted by Gasteiger charge is 2.33. The van der Waals surface area contributed by atoms with Gasteiger partial charge in [-0.3, -0.25) is 9.69 Å². The van der Waals surface area contributed by atoms with Gasteiger partial charge in [0, 0.05) is 5.56 Å². The number of Topliss-reactive ketones (excluding diaryl/α,β-unsaturated/α-hetero) is 1. The number of hydrogen-bond donors (Lipinski definition) is 0. The normalized spacial score (nSPS) is 11.7. The number of hydrogen-bond acceptors (Lipinski definition) is 3. The van der Waals surface area contributed by atoms with Crippen molar-refractivity contribution in [2.45, 2.75) is 33.2 Å². The Bertz CT molecular complexity index is 391. The summed E-state index contributed by atoms with van der Waals surface area (Å²) in [5.74, 6) is 0.918. The lowest BCUT2D eigenvalue weighted by atomic mass is 9.91. The van der Waals surface area contributed by atoms with Crippen molar-refractivity contribution in [3.05, 3.63) is 29.8 Å². The molecule has 0 spiro atoms. The molecule has 100 valence electrons. The summed E-state index contributed by atoms with van der Waals surface area (Å²) >= 11 is 0. The molecule has 3 heteroatoms. The fraction of sp³-hybridized carbons (Fsp3) is 0.533. The van der Waals surface area contributed by atoms with Crippen LogP contribution in [-0.2, 0) is 0 Å². The minimum atomic E-state index is -0.474. The second-order valence-corrected chi connectivity index (χ2v) is 4.79. The standard InChI is InChI=1S/C15H23NO2/c1-6-16(7-2)15(3,4)14(17)12-8-10-13(18-5)11-9-12/h8-11H,6-7H2,1-5H3.